The van der Waals surface area contributed by atoms with Crippen molar-refractivity contribution in [2.75, 3.05) is 11.7 Å². The summed E-state index contributed by atoms with van der Waals surface area (Å²) in [6, 6.07) is 15.4. The third-order valence-electron chi connectivity index (χ3n) is 6.39. The van der Waals surface area contributed by atoms with Crippen molar-refractivity contribution in [3.05, 3.63) is 92.4 Å². The van der Waals surface area contributed by atoms with Gasteiger partial charge in [0.15, 0.2) is 11.4 Å². The monoisotopic (exact) mass is 465 g/mol. The van der Waals surface area contributed by atoms with E-state index in [2.05, 4.69) is 23.2 Å². The van der Waals surface area contributed by atoms with E-state index in [1.54, 1.807) is 27.5 Å². The number of amides is 1. The van der Waals surface area contributed by atoms with E-state index in [0.29, 0.717) is 11.7 Å². The minimum absolute atomic E-state index is 0.0219. The Hall–Kier alpha value is -2.90. The van der Waals surface area contributed by atoms with Crippen molar-refractivity contribution < 1.29 is 9.90 Å². The highest BCUT2D eigenvalue weighted by atomic mass is 35.5. The number of hydrogen-bond acceptors (Lipinski definition) is 5. The summed E-state index contributed by atoms with van der Waals surface area (Å²) < 4.78 is 1.65. The molecule has 1 unspecified atom stereocenters. The summed E-state index contributed by atoms with van der Waals surface area (Å²) in [5, 5.41) is 13.4. The van der Waals surface area contributed by atoms with Gasteiger partial charge in [0.05, 0.1) is 11.1 Å². The van der Waals surface area contributed by atoms with Gasteiger partial charge in [-0.25, -0.2) is 0 Å². The largest absolute Gasteiger partial charge is 0.502 e. The van der Waals surface area contributed by atoms with Gasteiger partial charge in [-0.3, -0.25) is 19.3 Å². The second-order valence-electron chi connectivity index (χ2n) is 8.36. The van der Waals surface area contributed by atoms with E-state index in [1.165, 1.54) is 11.6 Å². The fraction of sp³-hybridized carbons (Fsp3) is 0.250. The molecule has 1 aliphatic carbocycles. The predicted octanol–water partition coefficient (Wildman–Crippen LogP) is 4.12. The lowest BCUT2D eigenvalue weighted by Crippen LogP contribution is -2.56. The van der Waals surface area contributed by atoms with Crippen LogP contribution in [0.2, 0.25) is 5.02 Å². The Morgan fingerprint density at radius 3 is 2.59 bits per heavy atom. The molecule has 32 heavy (non-hydrogen) atoms. The van der Waals surface area contributed by atoms with Crippen molar-refractivity contribution in [3.8, 4) is 5.75 Å². The average Bonchev–Trinajstić information content (AvgIpc) is 3.64. The maximum Gasteiger partial charge on any atom is 0.278 e. The summed E-state index contributed by atoms with van der Waals surface area (Å²) in [5.41, 5.74) is 2.82. The number of aromatic nitrogens is 1. The molecule has 0 radical (unpaired) electrons. The number of halogens is 1. The van der Waals surface area contributed by atoms with Crippen molar-refractivity contribution >= 4 is 29.3 Å². The Labute approximate surface area is 194 Å². The van der Waals surface area contributed by atoms with Gasteiger partial charge in [-0.1, -0.05) is 48.0 Å². The lowest BCUT2D eigenvalue weighted by atomic mass is 9.94. The molecule has 0 bridgehead atoms. The van der Waals surface area contributed by atoms with Crippen molar-refractivity contribution in [1.82, 2.24) is 9.58 Å². The van der Waals surface area contributed by atoms with Crippen molar-refractivity contribution in [1.29, 1.82) is 0 Å². The number of benzene rings is 2. The Bertz CT molecular complexity index is 1320. The first-order valence-electron chi connectivity index (χ1n) is 10.6. The highest BCUT2D eigenvalue weighted by Crippen LogP contribution is 2.46. The zero-order chi connectivity index (χ0) is 22.0. The molecule has 6 rings (SSSR count). The fourth-order valence-corrected chi connectivity index (χ4v) is 6.15. The van der Waals surface area contributed by atoms with E-state index in [4.69, 9.17) is 11.6 Å². The van der Waals surface area contributed by atoms with Crippen LogP contribution in [0, 0.1) is 0 Å². The molecule has 1 N–H and O–H groups in total. The molecule has 1 atom stereocenters. The molecule has 3 heterocycles. The summed E-state index contributed by atoms with van der Waals surface area (Å²) in [7, 11) is 0. The van der Waals surface area contributed by atoms with Gasteiger partial charge >= 0.3 is 0 Å². The smallest absolute Gasteiger partial charge is 0.278 e. The fourth-order valence-electron chi connectivity index (χ4n) is 4.69. The van der Waals surface area contributed by atoms with Crippen LogP contribution in [-0.4, -0.2) is 33.3 Å². The summed E-state index contributed by atoms with van der Waals surface area (Å²) in [6.45, 7) is 0.356. The third-order valence-corrected chi connectivity index (χ3v) is 8.02. The third kappa shape index (κ3) is 2.95. The Morgan fingerprint density at radius 2 is 1.78 bits per heavy atom. The van der Waals surface area contributed by atoms with E-state index in [-0.39, 0.29) is 23.7 Å². The van der Waals surface area contributed by atoms with E-state index >= 15 is 0 Å². The van der Waals surface area contributed by atoms with Crippen LogP contribution in [0.1, 0.15) is 46.1 Å². The van der Waals surface area contributed by atoms with Gasteiger partial charge in [0.25, 0.3) is 5.91 Å². The minimum atomic E-state index is -0.553. The lowest BCUT2D eigenvalue weighted by molar-refractivity contribution is 0.0664. The van der Waals surface area contributed by atoms with Crippen LogP contribution in [0.3, 0.4) is 0 Å². The maximum atomic E-state index is 13.3. The molecule has 1 aromatic heterocycles. The van der Waals surface area contributed by atoms with Gasteiger partial charge in [0.1, 0.15) is 6.67 Å². The minimum Gasteiger partial charge on any atom is -0.502 e. The van der Waals surface area contributed by atoms with Crippen LogP contribution in [0.25, 0.3) is 0 Å². The number of carbonyl (C=O) groups is 1. The summed E-state index contributed by atoms with van der Waals surface area (Å²) in [5.74, 6) is -0.0258. The highest BCUT2D eigenvalue weighted by molar-refractivity contribution is 7.98. The van der Waals surface area contributed by atoms with Gasteiger partial charge in [-0.05, 0) is 35.6 Å². The molecule has 0 saturated heterocycles. The summed E-state index contributed by atoms with van der Waals surface area (Å²) >= 11 is 8.33. The molecular weight excluding hydrogens is 446 g/mol. The number of thioether (sulfide) groups is 1. The molecule has 8 heteroatoms. The molecule has 1 fully saturated rings. The maximum absolute atomic E-state index is 13.3. The number of fused-ring (bicyclic) bond motifs is 3. The summed E-state index contributed by atoms with van der Waals surface area (Å²) in [4.78, 5) is 28.3. The van der Waals surface area contributed by atoms with Gasteiger partial charge in [0, 0.05) is 29.0 Å². The van der Waals surface area contributed by atoms with Gasteiger partial charge in [0.2, 0.25) is 5.43 Å². The molecule has 3 aromatic rings. The Balaban J connectivity index is 1.62. The van der Waals surface area contributed by atoms with Gasteiger partial charge in [-0.2, -0.15) is 0 Å². The first-order valence-corrected chi connectivity index (χ1v) is 11.9. The van der Waals surface area contributed by atoms with Crippen molar-refractivity contribution in [2.24, 2.45) is 0 Å². The van der Waals surface area contributed by atoms with Crippen LogP contribution in [0.5, 0.6) is 5.75 Å². The SMILES string of the molecule is O=C1c2c(O)c(=O)ccn2N(C2c3ccccc3CSc3c(Cl)cccc32)CN1C1CC1. The second-order valence-corrected chi connectivity index (χ2v) is 9.75. The lowest BCUT2D eigenvalue weighted by Gasteiger charge is -2.44. The first-order chi connectivity index (χ1) is 15.5. The summed E-state index contributed by atoms with van der Waals surface area (Å²) in [6.07, 6.45) is 3.44. The second kappa shape index (κ2) is 7.32. The normalized spacial score (nSPS) is 19.8. The number of nitrogens with zero attached hydrogens (tertiary/aromatic N) is 3. The van der Waals surface area contributed by atoms with Gasteiger partial charge in [-0.15, -0.1) is 11.8 Å². The van der Waals surface area contributed by atoms with E-state index in [0.717, 1.165) is 34.6 Å². The van der Waals surface area contributed by atoms with Gasteiger partial charge < -0.3 is 10.0 Å². The van der Waals surface area contributed by atoms with Crippen molar-refractivity contribution in [2.45, 2.75) is 35.6 Å². The Morgan fingerprint density at radius 1 is 1.00 bits per heavy atom. The van der Waals surface area contributed by atoms with Crippen LogP contribution in [0.4, 0.5) is 0 Å². The number of carbonyl (C=O) groups excluding carboxylic acids is 1. The van der Waals surface area contributed by atoms with Crippen LogP contribution >= 0.6 is 23.4 Å². The number of rotatable bonds is 2. The molecule has 0 spiro atoms. The molecule has 6 nitrogen and oxygen atoms in total. The molecule has 2 aliphatic heterocycles. The molecule has 162 valence electrons. The zero-order valence-electron chi connectivity index (χ0n) is 17.1. The number of hydrogen-bond donors (Lipinski definition) is 1. The standard InChI is InChI=1S/C24H20ClN3O3S/c25-18-7-3-6-17-20(16-5-2-1-4-14(16)12-32-23(17)18)28-13-26(15-8-9-15)24(31)21-22(30)19(29)10-11-27(21)28/h1-7,10-11,15,20,30H,8-9,12-13H2. The van der Waals surface area contributed by atoms with E-state index < -0.39 is 11.2 Å². The van der Waals surface area contributed by atoms with Crippen LogP contribution in [0.15, 0.2) is 64.4 Å². The van der Waals surface area contributed by atoms with Crippen LogP contribution in [-0.2, 0) is 5.75 Å². The van der Waals surface area contributed by atoms with E-state index in [9.17, 15) is 14.7 Å². The average molecular weight is 466 g/mol. The molecular formula is C24H20ClN3O3S. The number of pyridine rings is 1. The predicted molar refractivity (Wildman–Crippen MR) is 124 cm³/mol. The molecule has 1 saturated carbocycles. The molecule has 3 aliphatic rings. The van der Waals surface area contributed by atoms with Crippen molar-refractivity contribution in [3.63, 3.8) is 0 Å². The highest BCUT2D eigenvalue weighted by Gasteiger charge is 2.43. The zero-order valence-corrected chi connectivity index (χ0v) is 18.6. The quantitative estimate of drug-likeness (QED) is 0.616. The Kier molecular flexibility index (Phi) is 4.52. The number of aromatic hydroxyl groups is 1. The topological polar surface area (TPSA) is 65.8 Å². The van der Waals surface area contributed by atoms with Crippen LogP contribution < -0.4 is 10.4 Å². The molecule has 1 amide bonds. The molecule has 2 aromatic carbocycles. The van der Waals surface area contributed by atoms with E-state index in [1.807, 2.05) is 24.3 Å². The first kappa shape index (κ1) is 19.8.